The Morgan fingerprint density at radius 3 is 3.00 bits per heavy atom. The molecular weight excluding hydrogens is 435 g/mol. The number of halogens is 2. The molecule has 2 unspecified atom stereocenters. The van der Waals surface area contributed by atoms with E-state index >= 15 is 0 Å². The van der Waals surface area contributed by atoms with Gasteiger partial charge in [0, 0.05) is 39.2 Å². The Labute approximate surface area is 140 Å². The van der Waals surface area contributed by atoms with Gasteiger partial charge in [-0.15, -0.1) is 0 Å². The predicted molar refractivity (Wildman–Crippen MR) is 88.0 cm³/mol. The van der Waals surface area contributed by atoms with Gasteiger partial charge in [-0.1, -0.05) is 15.9 Å². The van der Waals surface area contributed by atoms with Crippen molar-refractivity contribution in [1.82, 2.24) is 0 Å². The van der Waals surface area contributed by atoms with Crippen LogP contribution in [0.4, 0.5) is 0 Å². The minimum Gasteiger partial charge on any atom is -0.378 e. The first-order chi connectivity index (χ1) is 9.60. The molecule has 0 aliphatic carbocycles. The first-order valence-electron chi connectivity index (χ1n) is 6.81. The second-order valence-electron chi connectivity index (χ2n) is 5.51. The molecule has 2 saturated heterocycles. The first-order valence-corrected chi connectivity index (χ1v) is 8.68. The van der Waals surface area contributed by atoms with Crippen LogP contribution >= 0.6 is 38.5 Å². The predicted octanol–water partition coefficient (Wildman–Crippen LogP) is 3.82. The summed E-state index contributed by atoms with van der Waals surface area (Å²) < 4.78 is 13.3. The molecule has 0 radical (unpaired) electrons. The van der Waals surface area contributed by atoms with Crippen LogP contribution in [-0.4, -0.2) is 31.2 Å². The van der Waals surface area contributed by atoms with Gasteiger partial charge in [-0.2, -0.15) is 0 Å². The summed E-state index contributed by atoms with van der Waals surface area (Å²) in [6, 6.07) is 5.87. The summed E-state index contributed by atoms with van der Waals surface area (Å²) >= 11 is 5.68. The van der Waals surface area contributed by atoms with E-state index in [-0.39, 0.29) is 17.3 Å². The molecule has 1 aromatic carbocycles. The summed E-state index contributed by atoms with van der Waals surface area (Å²) in [6.45, 7) is 2.03. The summed E-state index contributed by atoms with van der Waals surface area (Å²) in [5, 5.41) is 0. The van der Waals surface area contributed by atoms with E-state index in [9.17, 15) is 4.79 Å². The smallest absolute Gasteiger partial charge is 0.167 e. The summed E-state index contributed by atoms with van der Waals surface area (Å²) in [4.78, 5) is 12.8. The van der Waals surface area contributed by atoms with Crippen LogP contribution in [0.25, 0.3) is 0 Å². The van der Waals surface area contributed by atoms with Crippen LogP contribution in [0.5, 0.6) is 0 Å². The molecule has 0 saturated carbocycles. The number of benzene rings is 1. The average Bonchev–Trinajstić information content (AvgIpc) is 2.88. The van der Waals surface area contributed by atoms with Gasteiger partial charge < -0.3 is 9.47 Å². The monoisotopic (exact) mass is 450 g/mol. The highest BCUT2D eigenvalue weighted by Crippen LogP contribution is 2.37. The molecule has 1 spiro atoms. The highest BCUT2D eigenvalue weighted by molar-refractivity contribution is 14.1. The summed E-state index contributed by atoms with van der Waals surface area (Å²) in [5.41, 5.74) is 0.608. The lowest BCUT2D eigenvalue weighted by Crippen LogP contribution is -2.42. The number of ether oxygens (including phenoxy) is 2. The van der Waals surface area contributed by atoms with E-state index in [2.05, 4.69) is 38.5 Å². The zero-order valence-corrected chi connectivity index (χ0v) is 14.8. The van der Waals surface area contributed by atoms with Gasteiger partial charge in [0.25, 0.3) is 0 Å². The normalized spacial score (nSPS) is 29.8. The fourth-order valence-corrected chi connectivity index (χ4v) is 3.98. The van der Waals surface area contributed by atoms with Crippen LogP contribution in [0.1, 0.15) is 29.6 Å². The quantitative estimate of drug-likeness (QED) is 0.507. The Balaban J connectivity index is 1.81. The van der Waals surface area contributed by atoms with Gasteiger partial charge >= 0.3 is 0 Å². The molecule has 2 aliphatic heterocycles. The molecule has 0 N–H and O–H groups in total. The van der Waals surface area contributed by atoms with E-state index in [1.165, 1.54) is 0 Å². The van der Waals surface area contributed by atoms with E-state index in [1.54, 1.807) is 0 Å². The number of hydrogen-bond donors (Lipinski definition) is 0. The van der Waals surface area contributed by atoms with E-state index in [1.807, 2.05) is 18.2 Å². The van der Waals surface area contributed by atoms with Crippen molar-refractivity contribution < 1.29 is 14.3 Å². The van der Waals surface area contributed by atoms with Crippen molar-refractivity contribution in [3.8, 4) is 0 Å². The number of rotatable bonds is 2. The molecule has 2 heterocycles. The first kappa shape index (κ1) is 14.9. The summed E-state index contributed by atoms with van der Waals surface area (Å²) in [7, 11) is 0. The van der Waals surface area contributed by atoms with Gasteiger partial charge in [-0.25, -0.2) is 0 Å². The second kappa shape index (κ2) is 6.02. The lowest BCUT2D eigenvalue weighted by atomic mass is 9.81. The molecule has 0 bridgehead atoms. The lowest BCUT2D eigenvalue weighted by Gasteiger charge is -2.36. The Kier molecular flexibility index (Phi) is 4.50. The maximum Gasteiger partial charge on any atom is 0.167 e. The number of carbonyl (C=O) groups is 1. The van der Waals surface area contributed by atoms with Crippen LogP contribution in [0.3, 0.4) is 0 Å². The van der Waals surface area contributed by atoms with Crippen molar-refractivity contribution in [1.29, 1.82) is 0 Å². The topological polar surface area (TPSA) is 35.5 Å². The molecule has 3 nitrogen and oxygen atoms in total. The minimum absolute atomic E-state index is 0.0493. The maximum absolute atomic E-state index is 12.8. The molecule has 108 valence electrons. The highest BCUT2D eigenvalue weighted by atomic mass is 127. The Morgan fingerprint density at radius 2 is 2.25 bits per heavy atom. The average molecular weight is 451 g/mol. The van der Waals surface area contributed by atoms with E-state index in [0.717, 1.165) is 39.5 Å². The molecule has 2 fully saturated rings. The van der Waals surface area contributed by atoms with Crippen LogP contribution in [-0.2, 0) is 9.47 Å². The number of carbonyl (C=O) groups excluding carboxylic acids is 1. The molecular formula is C15H16BrIO3. The van der Waals surface area contributed by atoms with E-state index in [4.69, 9.17) is 9.47 Å². The Hall–Kier alpha value is 0.0200. The van der Waals surface area contributed by atoms with E-state index in [0.29, 0.717) is 13.2 Å². The Morgan fingerprint density at radius 1 is 1.40 bits per heavy atom. The number of ketones is 1. The van der Waals surface area contributed by atoms with Crippen LogP contribution in [0, 0.1) is 9.49 Å². The summed E-state index contributed by atoms with van der Waals surface area (Å²) in [6.07, 6.45) is 2.50. The van der Waals surface area contributed by atoms with Crippen LogP contribution < -0.4 is 0 Å². The maximum atomic E-state index is 12.8. The van der Waals surface area contributed by atoms with E-state index < -0.39 is 0 Å². The third-order valence-corrected chi connectivity index (χ3v) is 5.56. The van der Waals surface area contributed by atoms with Gasteiger partial charge in [-0.05, 0) is 53.6 Å². The summed E-state index contributed by atoms with van der Waals surface area (Å²) in [5.74, 6) is 0.290. The van der Waals surface area contributed by atoms with Crippen molar-refractivity contribution in [3.05, 3.63) is 31.8 Å². The molecule has 2 aliphatic rings. The van der Waals surface area contributed by atoms with Crippen molar-refractivity contribution in [3.63, 3.8) is 0 Å². The number of hydrogen-bond acceptors (Lipinski definition) is 3. The van der Waals surface area contributed by atoms with Crippen molar-refractivity contribution in [2.45, 2.75) is 24.9 Å². The van der Waals surface area contributed by atoms with Crippen molar-refractivity contribution in [2.24, 2.45) is 5.92 Å². The highest BCUT2D eigenvalue weighted by Gasteiger charge is 2.43. The van der Waals surface area contributed by atoms with Gasteiger partial charge in [-0.3, -0.25) is 4.79 Å². The molecule has 0 amide bonds. The molecule has 0 aromatic heterocycles. The minimum atomic E-state index is -0.212. The molecule has 1 aromatic rings. The lowest BCUT2D eigenvalue weighted by molar-refractivity contribution is -0.0920. The molecule has 20 heavy (non-hydrogen) atoms. The third-order valence-electron chi connectivity index (χ3n) is 4.12. The standard InChI is InChI=1S/C15H16BrIO3/c16-11-1-2-13(17)12(7-11)14(18)10-3-5-20-15(8-10)4-6-19-9-15/h1-2,7,10H,3-6,8-9H2. The fraction of sp³-hybridized carbons (Fsp3) is 0.533. The number of Topliss-reactive ketones (excluding diaryl/α,β-unsaturated/α-hetero) is 1. The largest absolute Gasteiger partial charge is 0.378 e. The van der Waals surface area contributed by atoms with Gasteiger partial charge in [0.2, 0.25) is 0 Å². The Bertz CT molecular complexity index is 526. The molecule has 5 heteroatoms. The zero-order valence-electron chi connectivity index (χ0n) is 11.0. The third kappa shape index (κ3) is 2.96. The fourth-order valence-electron chi connectivity index (χ4n) is 3.02. The van der Waals surface area contributed by atoms with Crippen LogP contribution in [0.2, 0.25) is 0 Å². The van der Waals surface area contributed by atoms with Gasteiger partial charge in [0.05, 0.1) is 12.2 Å². The zero-order chi connectivity index (χ0) is 14.2. The molecule has 3 rings (SSSR count). The van der Waals surface area contributed by atoms with Crippen molar-refractivity contribution in [2.75, 3.05) is 19.8 Å². The SMILES string of the molecule is O=C(c1cc(Br)ccc1I)C1CCOC2(CCOC2)C1. The van der Waals surface area contributed by atoms with Gasteiger partial charge in [0.15, 0.2) is 5.78 Å². The van der Waals surface area contributed by atoms with Gasteiger partial charge in [0.1, 0.15) is 0 Å². The van der Waals surface area contributed by atoms with Crippen LogP contribution in [0.15, 0.2) is 22.7 Å². The molecule has 2 atom stereocenters. The van der Waals surface area contributed by atoms with Crippen molar-refractivity contribution >= 4 is 44.3 Å². The second-order valence-corrected chi connectivity index (χ2v) is 7.59.